The highest BCUT2D eigenvalue weighted by Gasteiger charge is 2.30. The second kappa shape index (κ2) is 11.1. The molecule has 10 heteroatoms. The molecule has 1 aromatic carbocycles. The molecular formula is C20H29N3O6S. The number of amides is 2. The largest absolute Gasteiger partial charge is 0.466 e. The molecule has 1 N–H and O–H groups in total. The van der Waals surface area contributed by atoms with Crippen molar-refractivity contribution in [2.45, 2.75) is 31.1 Å². The monoisotopic (exact) mass is 439 g/mol. The highest BCUT2D eigenvalue weighted by molar-refractivity contribution is 7.89. The van der Waals surface area contributed by atoms with Gasteiger partial charge in [0.1, 0.15) is 0 Å². The Morgan fingerprint density at radius 3 is 2.60 bits per heavy atom. The fraction of sp³-hybridized carbons (Fsp3) is 0.550. The van der Waals surface area contributed by atoms with Crippen LogP contribution < -0.4 is 4.72 Å². The smallest absolute Gasteiger partial charge is 0.310 e. The van der Waals surface area contributed by atoms with Crippen LogP contribution in [0.1, 0.15) is 26.2 Å². The quantitative estimate of drug-likeness (QED) is 0.564. The van der Waals surface area contributed by atoms with Gasteiger partial charge in [0.2, 0.25) is 21.8 Å². The minimum atomic E-state index is -3.68. The average Bonchev–Trinajstić information content (AvgIpc) is 2.74. The summed E-state index contributed by atoms with van der Waals surface area (Å²) in [6, 6.07) is 7.89. The molecule has 1 aliphatic rings. The molecule has 1 unspecified atom stereocenters. The van der Waals surface area contributed by atoms with Crippen LogP contribution >= 0.6 is 0 Å². The molecule has 1 aromatic rings. The number of piperidine rings is 1. The van der Waals surface area contributed by atoms with Crippen molar-refractivity contribution in [2.75, 3.05) is 39.8 Å². The van der Waals surface area contributed by atoms with Gasteiger partial charge in [-0.15, -0.1) is 0 Å². The maximum atomic E-state index is 12.5. The predicted octanol–water partition coefficient (Wildman–Crippen LogP) is 0.615. The lowest BCUT2D eigenvalue weighted by Crippen LogP contribution is -2.47. The molecule has 0 bridgehead atoms. The molecule has 0 aromatic heterocycles. The minimum Gasteiger partial charge on any atom is -0.466 e. The Balaban J connectivity index is 1.79. The summed E-state index contributed by atoms with van der Waals surface area (Å²) in [4.78, 5) is 39.7. The second-order valence-electron chi connectivity index (χ2n) is 7.14. The van der Waals surface area contributed by atoms with Crippen molar-refractivity contribution in [2.24, 2.45) is 5.92 Å². The van der Waals surface area contributed by atoms with E-state index >= 15 is 0 Å². The van der Waals surface area contributed by atoms with Crippen molar-refractivity contribution in [3.8, 4) is 0 Å². The van der Waals surface area contributed by atoms with Gasteiger partial charge >= 0.3 is 5.97 Å². The summed E-state index contributed by atoms with van der Waals surface area (Å²) in [7, 11) is -2.18. The number of rotatable bonds is 9. The van der Waals surface area contributed by atoms with E-state index in [0.717, 1.165) is 0 Å². The van der Waals surface area contributed by atoms with E-state index < -0.39 is 10.0 Å². The van der Waals surface area contributed by atoms with Crippen LogP contribution in [-0.2, 0) is 29.1 Å². The topological polar surface area (TPSA) is 113 Å². The number of sulfonamides is 1. The van der Waals surface area contributed by atoms with Gasteiger partial charge in [-0.05, 0) is 31.9 Å². The average molecular weight is 440 g/mol. The summed E-state index contributed by atoms with van der Waals surface area (Å²) in [5.41, 5.74) is 0. The number of benzene rings is 1. The number of hydrogen-bond acceptors (Lipinski definition) is 6. The van der Waals surface area contributed by atoms with Crippen molar-refractivity contribution in [3.05, 3.63) is 30.3 Å². The number of likely N-dealkylation sites (N-methyl/N-ethyl adjacent to an activating group) is 1. The van der Waals surface area contributed by atoms with E-state index in [-0.39, 0.29) is 54.7 Å². The molecule has 1 aliphatic heterocycles. The zero-order valence-corrected chi connectivity index (χ0v) is 18.2. The molecule has 30 heavy (non-hydrogen) atoms. The summed E-state index contributed by atoms with van der Waals surface area (Å²) in [6.45, 7) is 2.67. The van der Waals surface area contributed by atoms with Crippen LogP contribution in [0.25, 0.3) is 0 Å². The molecule has 9 nitrogen and oxygen atoms in total. The van der Waals surface area contributed by atoms with Crippen LogP contribution in [0.4, 0.5) is 0 Å². The second-order valence-corrected chi connectivity index (χ2v) is 8.91. The van der Waals surface area contributed by atoms with Crippen molar-refractivity contribution < 1.29 is 27.5 Å². The molecule has 1 heterocycles. The first-order valence-electron chi connectivity index (χ1n) is 9.97. The Labute approximate surface area is 177 Å². The molecule has 1 saturated heterocycles. The SMILES string of the molecule is CCOC(=O)C1CCCN(C(=O)CN(C)C(=O)CCNS(=O)(=O)c2ccccc2)C1. The number of carbonyl (C=O) groups is 3. The molecule has 2 rings (SSSR count). The van der Waals surface area contributed by atoms with E-state index in [1.165, 1.54) is 24.1 Å². The van der Waals surface area contributed by atoms with Crippen LogP contribution in [0, 0.1) is 5.92 Å². The van der Waals surface area contributed by atoms with Gasteiger partial charge in [-0.2, -0.15) is 0 Å². The lowest BCUT2D eigenvalue weighted by Gasteiger charge is -2.32. The highest BCUT2D eigenvalue weighted by atomic mass is 32.2. The Morgan fingerprint density at radius 1 is 1.23 bits per heavy atom. The summed E-state index contributed by atoms with van der Waals surface area (Å²) in [5.74, 6) is -1.23. The van der Waals surface area contributed by atoms with Crippen LogP contribution in [0.3, 0.4) is 0 Å². The molecule has 1 fully saturated rings. The number of likely N-dealkylation sites (tertiary alicyclic amines) is 1. The van der Waals surface area contributed by atoms with E-state index in [1.54, 1.807) is 30.0 Å². The lowest BCUT2D eigenvalue weighted by molar-refractivity contribution is -0.152. The van der Waals surface area contributed by atoms with E-state index in [1.807, 2.05) is 0 Å². The maximum absolute atomic E-state index is 12.5. The van der Waals surface area contributed by atoms with Gasteiger partial charge in [0.15, 0.2) is 0 Å². The van der Waals surface area contributed by atoms with Gasteiger partial charge in [-0.25, -0.2) is 13.1 Å². The van der Waals surface area contributed by atoms with Crippen molar-refractivity contribution in [1.29, 1.82) is 0 Å². The number of carbonyl (C=O) groups excluding carboxylic acids is 3. The third kappa shape index (κ3) is 6.81. The fourth-order valence-corrected chi connectivity index (χ4v) is 4.27. The van der Waals surface area contributed by atoms with Crippen molar-refractivity contribution >= 4 is 27.8 Å². The first-order chi connectivity index (χ1) is 14.2. The molecule has 1 atom stereocenters. The molecule has 0 saturated carbocycles. The highest BCUT2D eigenvalue weighted by Crippen LogP contribution is 2.18. The number of nitrogens with one attached hydrogen (secondary N) is 1. The number of ether oxygens (including phenoxy) is 1. The van der Waals surface area contributed by atoms with Crippen LogP contribution in [-0.4, -0.2) is 75.8 Å². The molecule has 0 radical (unpaired) electrons. The zero-order chi connectivity index (χ0) is 22.1. The number of hydrogen-bond donors (Lipinski definition) is 1. The fourth-order valence-electron chi connectivity index (χ4n) is 3.21. The summed E-state index contributed by atoms with van der Waals surface area (Å²) in [5, 5.41) is 0. The predicted molar refractivity (Wildman–Crippen MR) is 110 cm³/mol. The van der Waals surface area contributed by atoms with Crippen molar-refractivity contribution in [3.63, 3.8) is 0 Å². The standard InChI is InChI=1S/C20H29N3O6S/c1-3-29-20(26)16-8-7-13-23(14-16)19(25)15-22(2)18(24)11-12-21-30(27,28)17-9-5-4-6-10-17/h4-6,9-10,16,21H,3,7-8,11-15H2,1-2H3. The molecule has 0 aliphatic carbocycles. The Bertz CT molecular complexity index is 843. The van der Waals surface area contributed by atoms with Crippen LogP contribution in [0.5, 0.6) is 0 Å². The lowest BCUT2D eigenvalue weighted by atomic mass is 9.98. The first-order valence-corrected chi connectivity index (χ1v) is 11.5. The minimum absolute atomic E-state index is 0.0662. The van der Waals surface area contributed by atoms with Gasteiger partial charge in [0, 0.05) is 33.1 Å². The third-order valence-corrected chi connectivity index (χ3v) is 6.35. The molecule has 166 valence electrons. The molecular weight excluding hydrogens is 410 g/mol. The van der Waals surface area contributed by atoms with Gasteiger partial charge in [-0.1, -0.05) is 18.2 Å². The Kier molecular flexibility index (Phi) is 8.79. The van der Waals surface area contributed by atoms with E-state index in [4.69, 9.17) is 4.74 Å². The maximum Gasteiger partial charge on any atom is 0.310 e. The number of esters is 1. The summed E-state index contributed by atoms with van der Waals surface area (Å²) >= 11 is 0. The van der Waals surface area contributed by atoms with Gasteiger partial charge in [0.05, 0.1) is 24.0 Å². The number of nitrogens with zero attached hydrogens (tertiary/aromatic N) is 2. The van der Waals surface area contributed by atoms with Gasteiger partial charge in [-0.3, -0.25) is 14.4 Å². The molecule has 0 spiro atoms. The van der Waals surface area contributed by atoms with Crippen molar-refractivity contribution in [1.82, 2.24) is 14.5 Å². The Morgan fingerprint density at radius 2 is 1.93 bits per heavy atom. The van der Waals surface area contributed by atoms with Gasteiger partial charge in [0.25, 0.3) is 0 Å². The third-order valence-electron chi connectivity index (χ3n) is 4.88. The zero-order valence-electron chi connectivity index (χ0n) is 17.4. The normalized spacial score (nSPS) is 16.7. The van der Waals surface area contributed by atoms with Gasteiger partial charge < -0.3 is 14.5 Å². The summed E-state index contributed by atoms with van der Waals surface area (Å²) in [6.07, 6.45) is 1.31. The Hall–Kier alpha value is -2.46. The van der Waals surface area contributed by atoms with E-state index in [0.29, 0.717) is 26.0 Å². The van der Waals surface area contributed by atoms with Crippen LogP contribution in [0.15, 0.2) is 35.2 Å². The first kappa shape index (κ1) is 23.8. The van der Waals surface area contributed by atoms with E-state index in [2.05, 4.69) is 4.72 Å². The van der Waals surface area contributed by atoms with E-state index in [9.17, 15) is 22.8 Å². The summed E-state index contributed by atoms with van der Waals surface area (Å²) < 4.78 is 31.8. The molecule has 2 amide bonds. The van der Waals surface area contributed by atoms with Crippen LogP contribution in [0.2, 0.25) is 0 Å².